The lowest BCUT2D eigenvalue weighted by molar-refractivity contribution is -0.126. The van der Waals surface area contributed by atoms with Crippen LogP contribution in [0.1, 0.15) is 41.6 Å². The van der Waals surface area contributed by atoms with Gasteiger partial charge in [-0.25, -0.2) is 0 Å². The van der Waals surface area contributed by atoms with Gasteiger partial charge in [0.15, 0.2) is 0 Å². The summed E-state index contributed by atoms with van der Waals surface area (Å²) >= 11 is 0. The maximum absolute atomic E-state index is 12.0. The molecule has 0 heterocycles. The molecule has 0 spiro atoms. The highest BCUT2D eigenvalue weighted by atomic mass is 16.2. The summed E-state index contributed by atoms with van der Waals surface area (Å²) < 4.78 is 0. The number of amides is 2. The monoisotopic (exact) mass is 303 g/mol. The zero-order valence-corrected chi connectivity index (χ0v) is 13.1. The third kappa shape index (κ3) is 4.84. The van der Waals surface area contributed by atoms with E-state index in [4.69, 9.17) is 5.73 Å². The zero-order valence-electron chi connectivity index (χ0n) is 13.1. The third-order valence-corrected chi connectivity index (χ3v) is 4.11. The van der Waals surface area contributed by atoms with Gasteiger partial charge in [-0.2, -0.15) is 0 Å². The second-order valence-corrected chi connectivity index (χ2v) is 6.04. The number of carbonyl (C=O) groups excluding carboxylic acids is 2. The number of nitrogens with two attached hydrogens (primary N) is 1. The standard InChI is InChI=1S/C17H25N3O2/c1-12-5-7-13(8-6-12)16(21)19-9-10-20-17(22)14-3-2-4-15(18)11-14/h5-8,14-15H,2-4,9-11,18H2,1H3,(H,19,21)(H,20,22). The van der Waals surface area contributed by atoms with Gasteiger partial charge in [-0.3, -0.25) is 9.59 Å². The Morgan fingerprint density at radius 1 is 1.14 bits per heavy atom. The van der Waals surface area contributed by atoms with Crippen molar-refractivity contribution in [3.63, 3.8) is 0 Å². The fourth-order valence-electron chi connectivity index (χ4n) is 2.78. The van der Waals surface area contributed by atoms with E-state index in [0.717, 1.165) is 31.2 Å². The van der Waals surface area contributed by atoms with Crippen LogP contribution < -0.4 is 16.4 Å². The highest BCUT2D eigenvalue weighted by Gasteiger charge is 2.24. The summed E-state index contributed by atoms with van der Waals surface area (Å²) in [6.07, 6.45) is 3.70. The minimum Gasteiger partial charge on any atom is -0.354 e. The predicted molar refractivity (Wildman–Crippen MR) is 86.5 cm³/mol. The third-order valence-electron chi connectivity index (χ3n) is 4.11. The lowest BCUT2D eigenvalue weighted by Gasteiger charge is -2.25. The van der Waals surface area contributed by atoms with Crippen molar-refractivity contribution in [1.29, 1.82) is 0 Å². The average molecular weight is 303 g/mol. The Kier molecular flexibility index (Phi) is 5.95. The molecule has 1 aromatic rings. The van der Waals surface area contributed by atoms with Crippen molar-refractivity contribution >= 4 is 11.8 Å². The van der Waals surface area contributed by atoms with Crippen molar-refractivity contribution < 1.29 is 9.59 Å². The molecule has 120 valence electrons. The quantitative estimate of drug-likeness (QED) is 0.718. The molecule has 0 bridgehead atoms. The van der Waals surface area contributed by atoms with E-state index >= 15 is 0 Å². The van der Waals surface area contributed by atoms with E-state index in [1.807, 2.05) is 19.1 Å². The van der Waals surface area contributed by atoms with Crippen LogP contribution in [-0.2, 0) is 4.79 Å². The van der Waals surface area contributed by atoms with E-state index in [2.05, 4.69) is 10.6 Å². The van der Waals surface area contributed by atoms with Gasteiger partial charge in [0.1, 0.15) is 0 Å². The number of aryl methyl sites for hydroxylation is 1. The minimum absolute atomic E-state index is 0.0246. The van der Waals surface area contributed by atoms with E-state index in [0.29, 0.717) is 18.7 Å². The summed E-state index contributed by atoms with van der Waals surface area (Å²) in [6.45, 7) is 2.85. The summed E-state index contributed by atoms with van der Waals surface area (Å²) in [5.74, 6) is -0.0368. The van der Waals surface area contributed by atoms with Gasteiger partial charge in [-0.1, -0.05) is 24.1 Å². The topological polar surface area (TPSA) is 84.2 Å². The van der Waals surface area contributed by atoms with Crippen molar-refractivity contribution in [2.45, 2.75) is 38.6 Å². The first kappa shape index (κ1) is 16.5. The van der Waals surface area contributed by atoms with Crippen LogP contribution in [0.3, 0.4) is 0 Å². The fraction of sp³-hybridized carbons (Fsp3) is 0.529. The molecule has 5 nitrogen and oxygen atoms in total. The predicted octanol–water partition coefficient (Wildman–Crippen LogP) is 1.36. The summed E-state index contributed by atoms with van der Waals surface area (Å²) in [6, 6.07) is 7.55. The maximum atomic E-state index is 12.0. The largest absolute Gasteiger partial charge is 0.354 e. The van der Waals surface area contributed by atoms with Crippen LogP contribution in [0.5, 0.6) is 0 Å². The lowest BCUT2D eigenvalue weighted by Crippen LogP contribution is -2.40. The van der Waals surface area contributed by atoms with E-state index in [-0.39, 0.29) is 23.8 Å². The molecule has 1 aliphatic carbocycles. The van der Waals surface area contributed by atoms with Crippen LogP contribution >= 0.6 is 0 Å². The Morgan fingerprint density at radius 3 is 2.50 bits per heavy atom. The van der Waals surface area contributed by atoms with E-state index in [1.165, 1.54) is 0 Å². The van der Waals surface area contributed by atoms with Crippen LogP contribution in [0, 0.1) is 12.8 Å². The Labute approximate surface area is 131 Å². The van der Waals surface area contributed by atoms with E-state index in [9.17, 15) is 9.59 Å². The first-order valence-electron chi connectivity index (χ1n) is 7.94. The van der Waals surface area contributed by atoms with Gasteiger partial charge in [-0.05, 0) is 38.3 Å². The van der Waals surface area contributed by atoms with Crippen molar-refractivity contribution in [2.24, 2.45) is 11.7 Å². The second kappa shape index (κ2) is 7.94. The molecule has 5 heteroatoms. The van der Waals surface area contributed by atoms with Gasteiger partial charge in [0.2, 0.25) is 5.91 Å². The number of benzene rings is 1. The molecule has 1 fully saturated rings. The first-order valence-corrected chi connectivity index (χ1v) is 7.94. The van der Waals surface area contributed by atoms with Gasteiger partial charge in [0, 0.05) is 30.6 Å². The van der Waals surface area contributed by atoms with Crippen LogP contribution in [0.4, 0.5) is 0 Å². The number of rotatable bonds is 5. The van der Waals surface area contributed by atoms with Crippen LogP contribution in [0.2, 0.25) is 0 Å². The molecule has 0 aliphatic heterocycles. The van der Waals surface area contributed by atoms with Crippen molar-refractivity contribution in [2.75, 3.05) is 13.1 Å². The molecule has 1 aromatic carbocycles. The minimum atomic E-state index is -0.117. The summed E-state index contributed by atoms with van der Waals surface area (Å²) in [5.41, 5.74) is 7.65. The first-order chi connectivity index (χ1) is 10.6. The van der Waals surface area contributed by atoms with Crippen molar-refractivity contribution in [3.05, 3.63) is 35.4 Å². The zero-order chi connectivity index (χ0) is 15.9. The summed E-state index contributed by atoms with van der Waals surface area (Å²) in [4.78, 5) is 23.9. The van der Waals surface area contributed by atoms with Gasteiger partial charge in [0.25, 0.3) is 5.91 Å². The Balaban J connectivity index is 1.67. The molecule has 2 atom stereocenters. The lowest BCUT2D eigenvalue weighted by atomic mass is 9.85. The van der Waals surface area contributed by atoms with Gasteiger partial charge in [0.05, 0.1) is 0 Å². The molecule has 0 radical (unpaired) electrons. The van der Waals surface area contributed by atoms with E-state index in [1.54, 1.807) is 12.1 Å². The maximum Gasteiger partial charge on any atom is 0.251 e. The van der Waals surface area contributed by atoms with Crippen LogP contribution in [0.25, 0.3) is 0 Å². The normalized spacial score (nSPS) is 21.2. The second-order valence-electron chi connectivity index (χ2n) is 6.04. The fourth-order valence-corrected chi connectivity index (χ4v) is 2.78. The molecule has 2 rings (SSSR count). The number of nitrogens with one attached hydrogen (secondary N) is 2. The van der Waals surface area contributed by atoms with Crippen molar-refractivity contribution in [3.8, 4) is 0 Å². The number of carbonyl (C=O) groups is 2. The molecule has 0 saturated heterocycles. The Hall–Kier alpha value is -1.88. The molecular weight excluding hydrogens is 278 g/mol. The molecule has 22 heavy (non-hydrogen) atoms. The molecule has 1 aliphatic rings. The summed E-state index contributed by atoms with van der Waals surface area (Å²) in [7, 11) is 0. The van der Waals surface area contributed by atoms with Gasteiger partial charge in [-0.15, -0.1) is 0 Å². The Bertz CT molecular complexity index is 513. The molecule has 2 amide bonds. The van der Waals surface area contributed by atoms with Crippen molar-refractivity contribution in [1.82, 2.24) is 10.6 Å². The van der Waals surface area contributed by atoms with Gasteiger partial charge < -0.3 is 16.4 Å². The highest BCUT2D eigenvalue weighted by Crippen LogP contribution is 2.22. The average Bonchev–Trinajstić information content (AvgIpc) is 2.51. The molecule has 0 aromatic heterocycles. The van der Waals surface area contributed by atoms with E-state index < -0.39 is 0 Å². The van der Waals surface area contributed by atoms with Crippen LogP contribution in [-0.4, -0.2) is 30.9 Å². The summed E-state index contributed by atoms with van der Waals surface area (Å²) in [5, 5.41) is 5.69. The molecular formula is C17H25N3O2. The molecule has 1 saturated carbocycles. The number of hydrogen-bond donors (Lipinski definition) is 3. The Morgan fingerprint density at radius 2 is 1.82 bits per heavy atom. The molecule has 2 unspecified atom stereocenters. The number of hydrogen-bond acceptors (Lipinski definition) is 3. The van der Waals surface area contributed by atoms with Gasteiger partial charge >= 0.3 is 0 Å². The smallest absolute Gasteiger partial charge is 0.251 e. The van der Waals surface area contributed by atoms with Crippen LogP contribution in [0.15, 0.2) is 24.3 Å². The SMILES string of the molecule is Cc1ccc(C(=O)NCCNC(=O)C2CCCC(N)C2)cc1. The highest BCUT2D eigenvalue weighted by molar-refractivity contribution is 5.94. The molecule has 4 N–H and O–H groups in total.